The summed E-state index contributed by atoms with van der Waals surface area (Å²) in [4.78, 5) is 50.2. The van der Waals surface area contributed by atoms with Gasteiger partial charge in [-0.15, -0.1) is 4.99 Å². The summed E-state index contributed by atoms with van der Waals surface area (Å²) >= 11 is 0. The first-order valence-corrected chi connectivity index (χ1v) is 11.7. The van der Waals surface area contributed by atoms with Crippen LogP contribution in [0.15, 0.2) is 57.2 Å². The second-order valence-corrected chi connectivity index (χ2v) is 8.75. The van der Waals surface area contributed by atoms with E-state index in [1.54, 1.807) is 6.92 Å². The number of hydrogen-bond acceptors (Lipinski definition) is 9. The molecule has 2 aromatic rings. The van der Waals surface area contributed by atoms with Crippen molar-refractivity contribution in [1.82, 2.24) is 5.32 Å². The molecule has 2 rings (SSSR count). The first-order valence-electron chi connectivity index (χ1n) is 10.2. The van der Waals surface area contributed by atoms with Crippen LogP contribution in [-0.2, 0) is 28.8 Å². The Balaban J connectivity index is 2.52. The number of benzene rings is 2. The van der Waals surface area contributed by atoms with Crippen LogP contribution < -0.4 is 16.0 Å². The van der Waals surface area contributed by atoms with Gasteiger partial charge in [0, 0.05) is 6.42 Å². The quantitative estimate of drug-likeness (QED) is 0.222. The number of ether oxygens (including phenoxy) is 3. The fourth-order valence-corrected chi connectivity index (χ4v) is 3.95. The molecule has 0 aliphatic heterocycles. The zero-order chi connectivity index (χ0) is 26.9. The molecule has 2 aromatic carbocycles. The number of nitrogens with zero attached hydrogens (tertiary/aromatic N) is 1. The number of carbonyl (C=O) groups is 4. The van der Waals surface area contributed by atoms with Crippen LogP contribution >= 0.6 is 0 Å². The van der Waals surface area contributed by atoms with Gasteiger partial charge in [0.2, 0.25) is 21.7 Å². The van der Waals surface area contributed by atoms with Gasteiger partial charge in [-0.3, -0.25) is 10.1 Å². The lowest BCUT2D eigenvalue weighted by Crippen LogP contribution is -2.36. The van der Waals surface area contributed by atoms with E-state index in [4.69, 9.17) is 0 Å². The number of sulfone groups is 1. The van der Waals surface area contributed by atoms with Gasteiger partial charge in [-0.1, -0.05) is 6.92 Å². The van der Waals surface area contributed by atoms with Gasteiger partial charge in [-0.2, -0.15) is 0 Å². The van der Waals surface area contributed by atoms with Crippen LogP contribution in [0.5, 0.6) is 0 Å². The minimum absolute atomic E-state index is 0.0123. The monoisotopic (exact) mass is 520 g/mol. The largest absolute Gasteiger partial charge is 0.465 e. The maximum absolute atomic E-state index is 13.2. The molecule has 0 saturated carbocycles. The Morgan fingerprint density at radius 1 is 0.833 bits per heavy atom. The summed E-state index contributed by atoms with van der Waals surface area (Å²) in [5.41, 5.74) is 0.275. The number of nitrogens with one attached hydrogen (secondary N) is 3. The highest BCUT2D eigenvalue weighted by Crippen LogP contribution is 2.29. The van der Waals surface area contributed by atoms with E-state index in [1.165, 1.54) is 49.6 Å². The molecule has 3 N–H and O–H groups in total. The van der Waals surface area contributed by atoms with Crippen molar-refractivity contribution in [2.24, 2.45) is 4.99 Å². The molecule has 0 fully saturated rings. The van der Waals surface area contributed by atoms with Gasteiger partial charge in [0.1, 0.15) is 0 Å². The highest BCUT2D eigenvalue weighted by molar-refractivity contribution is 7.91. The van der Waals surface area contributed by atoms with E-state index in [0.29, 0.717) is 0 Å². The molecule has 0 bridgehead atoms. The van der Waals surface area contributed by atoms with Crippen molar-refractivity contribution in [3.05, 3.63) is 48.0 Å². The van der Waals surface area contributed by atoms with Crippen LogP contribution in [0, 0.1) is 0 Å². The topological polar surface area (TPSA) is 179 Å². The zero-order valence-corrected chi connectivity index (χ0v) is 20.6. The first kappa shape index (κ1) is 27.8. The van der Waals surface area contributed by atoms with E-state index in [2.05, 4.69) is 35.2 Å². The molecule has 14 heteroatoms. The minimum atomic E-state index is -4.07. The second kappa shape index (κ2) is 12.3. The van der Waals surface area contributed by atoms with E-state index >= 15 is 0 Å². The van der Waals surface area contributed by atoms with Crippen LogP contribution in [0.25, 0.3) is 0 Å². The number of amides is 3. The number of rotatable bonds is 6. The number of hydrogen-bond donors (Lipinski definition) is 3. The van der Waals surface area contributed by atoms with Crippen LogP contribution in [0.4, 0.5) is 21.0 Å². The molecule has 0 unspecified atom stereocenters. The van der Waals surface area contributed by atoms with Crippen molar-refractivity contribution in [1.29, 1.82) is 0 Å². The molecule has 0 saturated heterocycles. The van der Waals surface area contributed by atoms with Crippen molar-refractivity contribution < 1.29 is 41.8 Å². The lowest BCUT2D eigenvalue weighted by atomic mass is 10.2. The van der Waals surface area contributed by atoms with E-state index < -0.39 is 39.9 Å². The minimum Gasteiger partial charge on any atom is -0.465 e. The van der Waals surface area contributed by atoms with E-state index in [9.17, 15) is 27.6 Å². The Morgan fingerprint density at radius 3 is 2.03 bits per heavy atom. The molecule has 0 aromatic heterocycles. The van der Waals surface area contributed by atoms with Crippen LogP contribution in [0.1, 0.15) is 23.7 Å². The molecule has 13 nitrogen and oxygen atoms in total. The van der Waals surface area contributed by atoms with Crippen LogP contribution in [0.2, 0.25) is 0 Å². The fraction of sp³-hybridized carbons (Fsp3) is 0.227. The van der Waals surface area contributed by atoms with Gasteiger partial charge >= 0.3 is 18.2 Å². The van der Waals surface area contributed by atoms with Gasteiger partial charge in [0.05, 0.1) is 48.1 Å². The number of guanidine groups is 1. The number of alkyl carbamates (subject to hydrolysis) is 1. The normalized spacial score (nSPS) is 11.2. The molecule has 192 valence electrons. The van der Waals surface area contributed by atoms with Crippen molar-refractivity contribution in [3.63, 3.8) is 0 Å². The van der Waals surface area contributed by atoms with Crippen LogP contribution in [-0.4, -0.2) is 59.8 Å². The van der Waals surface area contributed by atoms with Crippen LogP contribution in [0.3, 0.4) is 0 Å². The molecule has 0 radical (unpaired) electrons. The Morgan fingerprint density at radius 2 is 1.47 bits per heavy atom. The van der Waals surface area contributed by atoms with Gasteiger partial charge in [0.25, 0.3) is 0 Å². The molecule has 0 spiro atoms. The van der Waals surface area contributed by atoms with Gasteiger partial charge in [-0.25, -0.2) is 22.8 Å². The Hall–Kier alpha value is -4.46. The maximum Gasteiger partial charge on any atom is 0.436 e. The molecule has 0 aliphatic carbocycles. The SMILES string of the molecule is CCC(=O)Nc1cc(S(=O)(=O)c2ccc(C(=O)OC)cc2)ccc1NC(=NC(=O)OC)NC(=O)OC. The summed E-state index contributed by atoms with van der Waals surface area (Å²) in [5.74, 6) is -1.47. The number of aliphatic imine (C=N–C) groups is 1. The number of methoxy groups -OCH3 is 3. The smallest absolute Gasteiger partial charge is 0.436 e. The van der Waals surface area contributed by atoms with Crippen molar-refractivity contribution >= 4 is 51.2 Å². The summed E-state index contributed by atoms with van der Waals surface area (Å²) in [6, 6.07) is 8.84. The fourth-order valence-electron chi connectivity index (χ4n) is 2.66. The number of esters is 1. The summed E-state index contributed by atoms with van der Waals surface area (Å²) in [6.07, 6.45) is -1.93. The van der Waals surface area contributed by atoms with E-state index in [1.807, 2.05) is 0 Å². The molecule has 3 amide bonds. The van der Waals surface area contributed by atoms with Gasteiger partial charge < -0.3 is 24.8 Å². The Bertz CT molecular complexity index is 1290. The third-order valence-corrected chi connectivity index (χ3v) is 6.29. The van der Waals surface area contributed by atoms with Gasteiger partial charge in [0.15, 0.2) is 0 Å². The first-order chi connectivity index (χ1) is 17.0. The molecule has 0 atom stereocenters. The third-order valence-electron chi connectivity index (χ3n) is 4.52. The molecule has 36 heavy (non-hydrogen) atoms. The maximum atomic E-state index is 13.2. The predicted molar refractivity (Wildman–Crippen MR) is 128 cm³/mol. The van der Waals surface area contributed by atoms with Gasteiger partial charge in [-0.05, 0) is 42.5 Å². The Labute approximate surface area is 206 Å². The van der Waals surface area contributed by atoms with E-state index in [-0.39, 0.29) is 33.2 Å². The highest BCUT2D eigenvalue weighted by atomic mass is 32.2. The van der Waals surface area contributed by atoms with Crippen molar-refractivity contribution in [3.8, 4) is 0 Å². The third kappa shape index (κ3) is 7.02. The number of anilines is 2. The molecule has 0 heterocycles. The predicted octanol–water partition coefficient (Wildman–Crippen LogP) is 2.54. The average Bonchev–Trinajstić information content (AvgIpc) is 2.88. The lowest BCUT2D eigenvalue weighted by molar-refractivity contribution is -0.115. The molecule has 0 aliphatic rings. The summed E-state index contributed by atoms with van der Waals surface area (Å²) < 4.78 is 39.9. The zero-order valence-electron chi connectivity index (χ0n) is 19.8. The van der Waals surface area contributed by atoms with Crippen molar-refractivity contribution in [2.45, 2.75) is 23.1 Å². The molecular weight excluding hydrogens is 496 g/mol. The van der Waals surface area contributed by atoms with Crippen molar-refractivity contribution in [2.75, 3.05) is 32.0 Å². The summed E-state index contributed by atoms with van der Waals surface area (Å²) in [6.45, 7) is 1.59. The van der Waals surface area contributed by atoms with E-state index in [0.717, 1.165) is 14.2 Å². The second-order valence-electron chi connectivity index (χ2n) is 6.80. The average molecular weight is 521 g/mol. The number of carbonyl (C=O) groups excluding carboxylic acids is 4. The highest BCUT2D eigenvalue weighted by Gasteiger charge is 2.21. The summed E-state index contributed by atoms with van der Waals surface area (Å²) in [5, 5.41) is 7.36. The molecular formula is C22H24N4O9S. The lowest BCUT2D eigenvalue weighted by Gasteiger charge is -2.16. The Kier molecular flexibility index (Phi) is 9.50. The summed E-state index contributed by atoms with van der Waals surface area (Å²) in [7, 11) is -0.697. The standard InChI is InChI=1S/C22H24N4O9S/c1-5-18(27)23-17-12-15(36(31,32)14-8-6-13(7-9-14)19(28)33-2)10-11-16(17)24-20(25-21(29)34-3)26-22(30)35-4/h6-12H,5H2,1-4H3,(H,23,27)(H2,24,25,26,29,30).